The molecule has 35 heavy (non-hydrogen) atoms. The van der Waals surface area contributed by atoms with Crippen molar-refractivity contribution in [3.05, 3.63) is 99.1 Å². The van der Waals surface area contributed by atoms with Gasteiger partial charge in [0.1, 0.15) is 5.69 Å². The van der Waals surface area contributed by atoms with Crippen LogP contribution in [-0.4, -0.2) is 30.3 Å². The van der Waals surface area contributed by atoms with Crippen molar-refractivity contribution >= 4 is 22.1 Å². The fraction of sp³-hybridized carbons (Fsp3) is 0.208. The highest BCUT2D eigenvalue weighted by molar-refractivity contribution is 5.98. The Balaban J connectivity index is 1.39. The molecule has 1 aromatic carbocycles. The lowest BCUT2D eigenvalue weighted by atomic mass is 10.0. The summed E-state index contributed by atoms with van der Waals surface area (Å²) in [5, 5.41) is 5.55. The molecule has 1 fully saturated rings. The summed E-state index contributed by atoms with van der Waals surface area (Å²) in [5.74, 6) is 0.651. The summed E-state index contributed by atoms with van der Waals surface area (Å²) in [7, 11) is 0. The molecule has 0 spiro atoms. The molecule has 8 nitrogen and oxygen atoms in total. The van der Waals surface area contributed by atoms with E-state index in [1.165, 1.54) is 17.1 Å². The van der Waals surface area contributed by atoms with Crippen molar-refractivity contribution in [3.63, 3.8) is 0 Å². The van der Waals surface area contributed by atoms with Gasteiger partial charge in [-0.3, -0.25) is 14.8 Å². The molecule has 1 aliphatic rings. The predicted molar refractivity (Wildman–Crippen MR) is 124 cm³/mol. The van der Waals surface area contributed by atoms with Crippen molar-refractivity contribution in [2.24, 2.45) is 11.0 Å². The molecule has 0 amide bonds. The van der Waals surface area contributed by atoms with E-state index >= 15 is 0 Å². The van der Waals surface area contributed by atoms with Gasteiger partial charge in [0.15, 0.2) is 5.82 Å². The van der Waals surface area contributed by atoms with Crippen LogP contribution in [0.3, 0.4) is 0 Å². The van der Waals surface area contributed by atoms with Crippen LogP contribution in [0.2, 0.25) is 0 Å². The molecule has 11 heteroatoms. The summed E-state index contributed by atoms with van der Waals surface area (Å²) in [6.07, 6.45) is 1.99. The maximum atomic E-state index is 13.1. The maximum absolute atomic E-state index is 13.1. The van der Waals surface area contributed by atoms with Crippen LogP contribution in [-0.2, 0) is 6.18 Å². The summed E-state index contributed by atoms with van der Waals surface area (Å²) >= 11 is 0. The van der Waals surface area contributed by atoms with Gasteiger partial charge in [0.05, 0.1) is 11.3 Å². The minimum Gasteiger partial charge on any atom is -0.313 e. The molecule has 1 saturated carbocycles. The first-order valence-corrected chi connectivity index (χ1v) is 10.7. The van der Waals surface area contributed by atoms with Crippen LogP contribution in [0.1, 0.15) is 41.9 Å². The largest absolute Gasteiger partial charge is 0.433 e. The van der Waals surface area contributed by atoms with E-state index in [-0.39, 0.29) is 17.4 Å². The molecule has 0 bridgehead atoms. The number of aromatic nitrogens is 5. The van der Waals surface area contributed by atoms with Crippen molar-refractivity contribution in [3.8, 4) is 0 Å². The SMILES string of the molecule is C=C(c1nccn1/N=C(\C)c1c[nH]c(=O)[nH]c1=O)[C@H]1C[C@@H]1c1ccc2cnc(C(F)(F)F)cc2c1. The molecule has 1 aliphatic carbocycles. The van der Waals surface area contributed by atoms with Crippen molar-refractivity contribution in [1.82, 2.24) is 24.6 Å². The minimum atomic E-state index is -4.50. The Bertz CT molecular complexity index is 1610. The second-order valence-corrected chi connectivity index (χ2v) is 8.41. The first-order chi connectivity index (χ1) is 16.6. The van der Waals surface area contributed by atoms with Crippen LogP contribution in [0.4, 0.5) is 13.2 Å². The molecule has 178 valence electrons. The van der Waals surface area contributed by atoms with Crippen LogP contribution in [0, 0.1) is 5.92 Å². The van der Waals surface area contributed by atoms with Gasteiger partial charge in [-0.2, -0.15) is 18.3 Å². The Hall–Kier alpha value is -4.28. The van der Waals surface area contributed by atoms with E-state index < -0.39 is 23.1 Å². The second-order valence-electron chi connectivity index (χ2n) is 8.41. The number of allylic oxidation sites excluding steroid dienone is 1. The van der Waals surface area contributed by atoms with E-state index in [9.17, 15) is 22.8 Å². The number of imidazole rings is 1. The third kappa shape index (κ3) is 4.32. The van der Waals surface area contributed by atoms with Crippen molar-refractivity contribution in [1.29, 1.82) is 0 Å². The number of pyridine rings is 1. The fourth-order valence-corrected chi connectivity index (χ4v) is 4.16. The molecule has 5 rings (SSSR count). The molecular formula is C24H19F3N6O2. The van der Waals surface area contributed by atoms with Crippen LogP contribution in [0.15, 0.2) is 70.3 Å². The second kappa shape index (κ2) is 8.19. The molecule has 2 atom stereocenters. The third-order valence-electron chi connectivity index (χ3n) is 6.08. The molecule has 3 aromatic heterocycles. The van der Waals surface area contributed by atoms with Gasteiger partial charge in [-0.1, -0.05) is 24.8 Å². The normalized spacial score (nSPS) is 18.1. The summed E-state index contributed by atoms with van der Waals surface area (Å²) in [6, 6.07) is 6.49. The van der Waals surface area contributed by atoms with Crippen LogP contribution < -0.4 is 11.2 Å². The van der Waals surface area contributed by atoms with Gasteiger partial charge in [-0.15, -0.1) is 0 Å². The Morgan fingerprint density at radius 3 is 2.74 bits per heavy atom. The molecule has 0 radical (unpaired) electrons. The number of hydrogen-bond acceptors (Lipinski definition) is 5. The number of H-pyrrole nitrogens is 2. The third-order valence-corrected chi connectivity index (χ3v) is 6.08. The highest BCUT2D eigenvalue weighted by Crippen LogP contribution is 2.54. The van der Waals surface area contributed by atoms with E-state index in [1.807, 2.05) is 6.07 Å². The predicted octanol–water partition coefficient (Wildman–Crippen LogP) is 3.92. The van der Waals surface area contributed by atoms with E-state index in [1.54, 1.807) is 31.5 Å². The molecular weight excluding hydrogens is 461 g/mol. The lowest BCUT2D eigenvalue weighted by Gasteiger charge is -2.09. The number of aromatic amines is 2. The van der Waals surface area contributed by atoms with Gasteiger partial charge in [0, 0.05) is 30.2 Å². The average Bonchev–Trinajstić information content (AvgIpc) is 3.48. The number of benzene rings is 1. The van der Waals surface area contributed by atoms with Gasteiger partial charge < -0.3 is 4.98 Å². The maximum Gasteiger partial charge on any atom is 0.433 e. The van der Waals surface area contributed by atoms with Crippen LogP contribution in [0.25, 0.3) is 16.3 Å². The van der Waals surface area contributed by atoms with Gasteiger partial charge in [0.2, 0.25) is 0 Å². The van der Waals surface area contributed by atoms with Gasteiger partial charge in [-0.05, 0) is 47.8 Å². The monoisotopic (exact) mass is 480 g/mol. The number of rotatable bonds is 5. The number of hydrogen-bond donors (Lipinski definition) is 2. The summed E-state index contributed by atoms with van der Waals surface area (Å²) < 4.78 is 40.7. The lowest BCUT2D eigenvalue weighted by molar-refractivity contribution is -0.141. The zero-order valence-corrected chi connectivity index (χ0v) is 18.4. The Kier molecular flexibility index (Phi) is 5.27. The average molecular weight is 480 g/mol. The minimum absolute atomic E-state index is 0.0458. The summed E-state index contributed by atoms with van der Waals surface area (Å²) in [6.45, 7) is 5.82. The molecule has 4 aromatic rings. The van der Waals surface area contributed by atoms with Gasteiger partial charge >= 0.3 is 11.9 Å². The summed E-state index contributed by atoms with van der Waals surface area (Å²) in [4.78, 5) is 35.7. The van der Waals surface area contributed by atoms with E-state index in [0.29, 0.717) is 22.3 Å². The van der Waals surface area contributed by atoms with Crippen LogP contribution in [0.5, 0.6) is 0 Å². The zero-order chi connectivity index (χ0) is 24.9. The highest BCUT2D eigenvalue weighted by atomic mass is 19.4. The Morgan fingerprint density at radius 2 is 2.00 bits per heavy atom. The first-order valence-electron chi connectivity index (χ1n) is 10.7. The topological polar surface area (TPSA) is 109 Å². The molecule has 0 unspecified atom stereocenters. The van der Waals surface area contributed by atoms with E-state index in [4.69, 9.17) is 0 Å². The smallest absolute Gasteiger partial charge is 0.313 e. The Labute approximate surface area is 195 Å². The number of nitrogens with zero attached hydrogens (tertiary/aromatic N) is 4. The number of halogens is 3. The van der Waals surface area contributed by atoms with Crippen molar-refractivity contribution < 1.29 is 13.2 Å². The summed E-state index contributed by atoms with van der Waals surface area (Å²) in [5.41, 5.74) is 0.142. The van der Waals surface area contributed by atoms with E-state index in [2.05, 4.69) is 31.6 Å². The number of nitrogens with one attached hydrogen (secondary N) is 2. The van der Waals surface area contributed by atoms with Gasteiger partial charge in [-0.25, -0.2) is 14.5 Å². The molecule has 2 N–H and O–H groups in total. The lowest BCUT2D eigenvalue weighted by Crippen LogP contribution is -2.26. The highest BCUT2D eigenvalue weighted by Gasteiger charge is 2.42. The quantitative estimate of drug-likeness (QED) is 0.422. The Morgan fingerprint density at radius 1 is 1.20 bits per heavy atom. The van der Waals surface area contributed by atoms with Gasteiger partial charge in [0.25, 0.3) is 5.56 Å². The molecule has 0 aliphatic heterocycles. The number of fused-ring (bicyclic) bond motifs is 1. The standard InChI is InChI=1S/C24H19F3N6O2/c1-12(21-28-5-6-33(21)32-13(2)19-11-30-23(35)31-22(19)34)17-9-18(17)14-3-4-15-10-29-20(24(25,26)27)8-16(15)7-14/h3-8,10-11,17-18H,1,9H2,2H3,(H2,30,31,34,35)/b32-13+/t17-,18-/m1/s1. The van der Waals surface area contributed by atoms with Crippen molar-refractivity contribution in [2.45, 2.75) is 25.4 Å². The van der Waals surface area contributed by atoms with Crippen molar-refractivity contribution in [2.75, 3.05) is 0 Å². The zero-order valence-electron chi connectivity index (χ0n) is 18.4. The molecule has 3 heterocycles. The van der Waals surface area contributed by atoms with E-state index in [0.717, 1.165) is 23.6 Å². The number of alkyl halides is 3. The fourth-order valence-electron chi connectivity index (χ4n) is 4.16. The van der Waals surface area contributed by atoms with Crippen LogP contribution >= 0.6 is 0 Å². The first kappa shape index (κ1) is 22.5. The molecule has 0 saturated heterocycles.